The minimum Gasteiger partial charge on any atom is -0.492 e. The molecule has 0 aliphatic carbocycles. The number of benzene rings is 1. The lowest BCUT2D eigenvalue weighted by Crippen LogP contribution is -1.89. The molecule has 1 nitrogen and oxygen atoms in total. The van der Waals surface area contributed by atoms with E-state index in [1.165, 1.54) is 4.70 Å². The molecule has 1 heterocycles. The standard InChI is InChI=1S/C10H8BrClOS/c1-2-13-7-5-14-8-4-3-6(12)10(11)9(7)8/h3-5H,2H2,1H3. The molecule has 0 amide bonds. The number of hydrogen-bond acceptors (Lipinski definition) is 2. The van der Waals surface area contributed by atoms with Crippen LogP contribution in [0, 0.1) is 0 Å². The number of fused-ring (bicyclic) bond motifs is 1. The van der Waals surface area contributed by atoms with Crippen LogP contribution in [0.25, 0.3) is 10.1 Å². The molecule has 0 aliphatic heterocycles. The maximum atomic E-state index is 6.02. The first-order valence-corrected chi connectivity index (χ1v) is 6.27. The maximum absolute atomic E-state index is 6.02. The smallest absolute Gasteiger partial charge is 0.138 e. The Hall–Kier alpha value is -0.250. The monoisotopic (exact) mass is 290 g/mol. The zero-order valence-electron chi connectivity index (χ0n) is 7.51. The molecule has 0 saturated heterocycles. The van der Waals surface area contributed by atoms with Gasteiger partial charge in [0.15, 0.2) is 0 Å². The fraction of sp³-hybridized carbons (Fsp3) is 0.200. The third-order valence-corrected chi connectivity index (χ3v) is 4.19. The van der Waals surface area contributed by atoms with Gasteiger partial charge in [-0.3, -0.25) is 0 Å². The number of rotatable bonds is 2. The predicted molar refractivity (Wildman–Crippen MR) is 65.7 cm³/mol. The number of hydrogen-bond donors (Lipinski definition) is 0. The van der Waals surface area contributed by atoms with Crippen LogP contribution in [0.5, 0.6) is 5.75 Å². The summed E-state index contributed by atoms with van der Waals surface area (Å²) in [6, 6.07) is 3.90. The quantitative estimate of drug-likeness (QED) is 0.778. The number of thiophene rings is 1. The van der Waals surface area contributed by atoms with Crippen molar-refractivity contribution < 1.29 is 4.74 Å². The highest BCUT2D eigenvalue weighted by molar-refractivity contribution is 9.10. The Morgan fingerprint density at radius 2 is 2.29 bits per heavy atom. The molecule has 2 aromatic rings. The van der Waals surface area contributed by atoms with Crippen molar-refractivity contribution in [3.8, 4) is 5.75 Å². The molecular formula is C10H8BrClOS. The fourth-order valence-electron chi connectivity index (χ4n) is 1.30. The van der Waals surface area contributed by atoms with Gasteiger partial charge in [-0.1, -0.05) is 11.6 Å². The van der Waals surface area contributed by atoms with Gasteiger partial charge in [-0.05, 0) is 35.0 Å². The average molecular weight is 292 g/mol. The van der Waals surface area contributed by atoms with Crippen molar-refractivity contribution in [1.82, 2.24) is 0 Å². The molecule has 0 spiro atoms. The van der Waals surface area contributed by atoms with Crippen LogP contribution in [-0.4, -0.2) is 6.61 Å². The minimum atomic E-state index is 0.671. The van der Waals surface area contributed by atoms with Crippen molar-refractivity contribution in [3.63, 3.8) is 0 Å². The van der Waals surface area contributed by atoms with Gasteiger partial charge >= 0.3 is 0 Å². The molecule has 2 rings (SSSR count). The van der Waals surface area contributed by atoms with E-state index in [9.17, 15) is 0 Å². The minimum absolute atomic E-state index is 0.671. The molecule has 0 bridgehead atoms. The van der Waals surface area contributed by atoms with Gasteiger partial charge in [0.1, 0.15) is 5.75 Å². The van der Waals surface area contributed by atoms with E-state index in [2.05, 4.69) is 15.9 Å². The number of halogens is 2. The van der Waals surface area contributed by atoms with Crippen molar-refractivity contribution in [2.75, 3.05) is 6.61 Å². The summed E-state index contributed by atoms with van der Waals surface area (Å²) in [4.78, 5) is 0. The van der Waals surface area contributed by atoms with Gasteiger partial charge in [-0.15, -0.1) is 11.3 Å². The Labute approximate surface area is 99.8 Å². The van der Waals surface area contributed by atoms with Gasteiger partial charge in [-0.2, -0.15) is 0 Å². The topological polar surface area (TPSA) is 9.23 Å². The highest BCUT2D eigenvalue weighted by Crippen LogP contribution is 2.40. The summed E-state index contributed by atoms with van der Waals surface area (Å²) < 4.78 is 7.62. The van der Waals surface area contributed by atoms with Gasteiger partial charge < -0.3 is 4.74 Å². The van der Waals surface area contributed by atoms with E-state index in [-0.39, 0.29) is 0 Å². The van der Waals surface area contributed by atoms with Crippen LogP contribution in [0.2, 0.25) is 5.02 Å². The van der Waals surface area contributed by atoms with Crippen molar-refractivity contribution in [2.24, 2.45) is 0 Å². The summed E-state index contributed by atoms with van der Waals surface area (Å²) in [6.45, 7) is 2.65. The third-order valence-electron chi connectivity index (χ3n) is 1.90. The number of ether oxygens (including phenoxy) is 1. The van der Waals surface area contributed by atoms with Crippen LogP contribution < -0.4 is 4.74 Å². The zero-order chi connectivity index (χ0) is 10.1. The third kappa shape index (κ3) is 1.64. The molecule has 14 heavy (non-hydrogen) atoms. The van der Waals surface area contributed by atoms with Gasteiger partial charge in [0.2, 0.25) is 0 Å². The molecule has 0 radical (unpaired) electrons. The van der Waals surface area contributed by atoms with E-state index in [0.717, 1.165) is 20.6 Å². The van der Waals surface area contributed by atoms with Gasteiger partial charge in [0.25, 0.3) is 0 Å². The highest BCUT2D eigenvalue weighted by atomic mass is 79.9. The van der Waals surface area contributed by atoms with Crippen LogP contribution in [0.1, 0.15) is 6.92 Å². The van der Waals surface area contributed by atoms with Crippen LogP contribution in [-0.2, 0) is 0 Å². The van der Waals surface area contributed by atoms with Crippen LogP contribution in [0.4, 0.5) is 0 Å². The van der Waals surface area contributed by atoms with E-state index in [1.54, 1.807) is 11.3 Å². The van der Waals surface area contributed by atoms with Gasteiger partial charge in [0.05, 0.1) is 17.0 Å². The molecule has 0 fully saturated rings. The second-order valence-corrected chi connectivity index (χ2v) is 4.88. The first kappa shape index (κ1) is 10.3. The zero-order valence-corrected chi connectivity index (χ0v) is 10.7. The lowest BCUT2D eigenvalue weighted by Gasteiger charge is -2.03. The molecule has 0 atom stereocenters. The molecule has 74 valence electrons. The molecule has 1 aromatic heterocycles. The molecule has 4 heteroatoms. The normalized spacial score (nSPS) is 10.8. The van der Waals surface area contributed by atoms with Crippen LogP contribution >= 0.6 is 38.9 Å². The van der Waals surface area contributed by atoms with Crippen LogP contribution in [0.15, 0.2) is 22.0 Å². The van der Waals surface area contributed by atoms with E-state index in [1.807, 2.05) is 24.4 Å². The highest BCUT2D eigenvalue weighted by Gasteiger charge is 2.10. The first-order chi connectivity index (χ1) is 6.74. The van der Waals surface area contributed by atoms with E-state index < -0.39 is 0 Å². The predicted octanol–water partition coefficient (Wildman–Crippen LogP) is 4.72. The summed E-state index contributed by atoms with van der Waals surface area (Å²) in [5.74, 6) is 0.905. The Morgan fingerprint density at radius 1 is 1.50 bits per heavy atom. The summed E-state index contributed by atoms with van der Waals surface area (Å²) in [7, 11) is 0. The molecule has 1 aromatic carbocycles. The average Bonchev–Trinajstić information content (AvgIpc) is 2.57. The Kier molecular flexibility index (Phi) is 3.00. The van der Waals surface area contributed by atoms with E-state index in [0.29, 0.717) is 6.61 Å². The Balaban J connectivity index is 2.69. The van der Waals surface area contributed by atoms with Gasteiger partial charge in [0, 0.05) is 14.6 Å². The lowest BCUT2D eigenvalue weighted by molar-refractivity contribution is 0.345. The summed E-state index contributed by atoms with van der Waals surface area (Å²) in [6.07, 6.45) is 0. The van der Waals surface area contributed by atoms with E-state index >= 15 is 0 Å². The largest absolute Gasteiger partial charge is 0.492 e. The second-order valence-electron chi connectivity index (χ2n) is 2.77. The first-order valence-electron chi connectivity index (χ1n) is 4.22. The van der Waals surface area contributed by atoms with Crippen molar-refractivity contribution in [1.29, 1.82) is 0 Å². The van der Waals surface area contributed by atoms with Crippen LogP contribution in [0.3, 0.4) is 0 Å². The summed E-state index contributed by atoms with van der Waals surface area (Å²) in [5, 5.41) is 3.80. The van der Waals surface area contributed by atoms with Crippen molar-refractivity contribution in [3.05, 3.63) is 27.0 Å². The fourth-order valence-corrected chi connectivity index (χ4v) is 3.02. The molecule has 0 saturated carbocycles. The molecule has 0 unspecified atom stereocenters. The van der Waals surface area contributed by atoms with Crippen molar-refractivity contribution >= 4 is 49.0 Å². The summed E-state index contributed by atoms with van der Waals surface area (Å²) >= 11 is 11.2. The SMILES string of the molecule is CCOc1csc2ccc(Cl)c(Br)c12. The van der Waals surface area contributed by atoms with E-state index in [4.69, 9.17) is 16.3 Å². The van der Waals surface area contributed by atoms with Crippen molar-refractivity contribution in [2.45, 2.75) is 6.92 Å². The molecule has 0 aliphatic rings. The second kappa shape index (κ2) is 4.09. The molecule has 0 N–H and O–H groups in total. The maximum Gasteiger partial charge on any atom is 0.138 e. The molecular weight excluding hydrogens is 284 g/mol. The van der Waals surface area contributed by atoms with Gasteiger partial charge in [-0.25, -0.2) is 0 Å². The summed E-state index contributed by atoms with van der Waals surface area (Å²) in [5.41, 5.74) is 0. The Morgan fingerprint density at radius 3 is 3.00 bits per heavy atom. The Bertz CT molecular complexity index is 466. The lowest BCUT2D eigenvalue weighted by atomic mass is 10.2.